The summed E-state index contributed by atoms with van der Waals surface area (Å²) >= 11 is 0. The lowest BCUT2D eigenvalue weighted by Crippen LogP contribution is -2.23. The van der Waals surface area contributed by atoms with Gasteiger partial charge in [-0.25, -0.2) is 4.98 Å². The monoisotopic (exact) mass is 314 g/mol. The van der Waals surface area contributed by atoms with E-state index in [2.05, 4.69) is 51.3 Å². The fraction of sp³-hybridized carbons (Fsp3) is 0.556. The van der Waals surface area contributed by atoms with Crippen LogP contribution in [0.1, 0.15) is 55.9 Å². The molecule has 1 fully saturated rings. The van der Waals surface area contributed by atoms with Crippen LogP contribution in [0.2, 0.25) is 0 Å². The summed E-state index contributed by atoms with van der Waals surface area (Å²) in [6.07, 6.45) is 4.61. The van der Waals surface area contributed by atoms with E-state index in [1.807, 2.05) is 6.92 Å². The van der Waals surface area contributed by atoms with Gasteiger partial charge in [0.15, 0.2) is 5.82 Å². The molecule has 124 valence electrons. The Hall–Kier alpha value is -1.88. The number of benzene rings is 1. The fourth-order valence-corrected chi connectivity index (χ4v) is 3.08. The van der Waals surface area contributed by atoms with Gasteiger partial charge in [-0.3, -0.25) is 10.00 Å². The molecule has 1 N–H and O–H groups in total. The van der Waals surface area contributed by atoms with Crippen LogP contribution in [0.15, 0.2) is 24.3 Å². The summed E-state index contributed by atoms with van der Waals surface area (Å²) in [6, 6.07) is 8.82. The summed E-state index contributed by atoms with van der Waals surface area (Å²) in [6.45, 7) is 6.97. The van der Waals surface area contributed by atoms with Crippen molar-refractivity contribution >= 4 is 0 Å². The van der Waals surface area contributed by atoms with Crippen molar-refractivity contribution in [3.63, 3.8) is 0 Å². The third kappa shape index (κ3) is 4.10. The summed E-state index contributed by atoms with van der Waals surface area (Å²) in [4.78, 5) is 6.98. The van der Waals surface area contributed by atoms with Gasteiger partial charge in [-0.1, -0.05) is 25.5 Å². The van der Waals surface area contributed by atoms with Gasteiger partial charge in [-0.2, -0.15) is 5.10 Å². The van der Waals surface area contributed by atoms with Crippen LogP contribution in [-0.4, -0.2) is 33.2 Å². The maximum Gasteiger partial charge on any atom is 0.167 e. The predicted molar refractivity (Wildman–Crippen MR) is 90.3 cm³/mol. The molecule has 1 aromatic carbocycles. The van der Waals surface area contributed by atoms with Crippen LogP contribution in [0.25, 0.3) is 0 Å². The second-order valence-electron chi connectivity index (χ2n) is 6.25. The van der Waals surface area contributed by atoms with Crippen molar-refractivity contribution in [2.24, 2.45) is 0 Å². The van der Waals surface area contributed by atoms with E-state index in [0.717, 1.165) is 56.4 Å². The minimum absolute atomic E-state index is 0.334. The molecule has 2 aromatic rings. The second-order valence-corrected chi connectivity index (χ2v) is 6.25. The molecule has 2 heterocycles. The number of H-pyrrole nitrogens is 1. The quantitative estimate of drug-likeness (QED) is 0.793. The molecule has 5 heteroatoms. The molecule has 23 heavy (non-hydrogen) atoms. The standard InChI is InChI=1S/C18H26N4O/c1-3-4-12-23-16-9-7-15(8-10-16)13-22-11-5-6-17(22)18-19-14(2)20-21-18/h7-10,17H,3-6,11-13H2,1-2H3,(H,19,20,21). The van der Waals surface area contributed by atoms with E-state index < -0.39 is 0 Å². The van der Waals surface area contributed by atoms with Crippen LogP contribution >= 0.6 is 0 Å². The van der Waals surface area contributed by atoms with Crippen LogP contribution in [0.4, 0.5) is 0 Å². The maximum absolute atomic E-state index is 5.73. The number of unbranched alkanes of at least 4 members (excludes halogenated alkanes) is 1. The fourth-order valence-electron chi connectivity index (χ4n) is 3.08. The van der Waals surface area contributed by atoms with Gasteiger partial charge in [0, 0.05) is 6.54 Å². The lowest BCUT2D eigenvalue weighted by atomic mass is 10.1. The van der Waals surface area contributed by atoms with E-state index in [1.165, 1.54) is 12.0 Å². The molecular weight excluding hydrogens is 288 g/mol. The van der Waals surface area contributed by atoms with Crippen molar-refractivity contribution in [3.05, 3.63) is 41.5 Å². The number of nitrogens with one attached hydrogen (secondary N) is 1. The number of aryl methyl sites for hydroxylation is 1. The number of nitrogens with zero attached hydrogens (tertiary/aromatic N) is 3. The van der Waals surface area contributed by atoms with Gasteiger partial charge in [0.25, 0.3) is 0 Å². The highest BCUT2D eigenvalue weighted by atomic mass is 16.5. The molecule has 1 aromatic heterocycles. The first kappa shape index (κ1) is 16.0. The highest BCUT2D eigenvalue weighted by Gasteiger charge is 2.28. The SMILES string of the molecule is CCCCOc1ccc(CN2CCCC2c2n[nH]c(C)n2)cc1. The molecule has 1 saturated heterocycles. The Morgan fingerprint density at radius 2 is 2.13 bits per heavy atom. The smallest absolute Gasteiger partial charge is 0.167 e. The molecule has 0 saturated carbocycles. The Morgan fingerprint density at radius 3 is 2.83 bits per heavy atom. The molecule has 1 aliphatic heterocycles. The van der Waals surface area contributed by atoms with Crippen LogP contribution in [-0.2, 0) is 6.54 Å². The van der Waals surface area contributed by atoms with Gasteiger partial charge in [0.05, 0.1) is 12.6 Å². The Balaban J connectivity index is 1.59. The number of aromatic amines is 1. The van der Waals surface area contributed by atoms with Crippen molar-refractivity contribution in [1.82, 2.24) is 20.1 Å². The molecular formula is C18H26N4O. The second kappa shape index (κ2) is 7.59. The van der Waals surface area contributed by atoms with E-state index >= 15 is 0 Å². The van der Waals surface area contributed by atoms with Crippen molar-refractivity contribution < 1.29 is 4.74 Å². The first-order chi connectivity index (χ1) is 11.3. The first-order valence-corrected chi connectivity index (χ1v) is 8.61. The van der Waals surface area contributed by atoms with E-state index in [0.29, 0.717) is 6.04 Å². The number of rotatable bonds is 7. The largest absolute Gasteiger partial charge is 0.494 e. The highest BCUT2D eigenvalue weighted by Crippen LogP contribution is 2.31. The van der Waals surface area contributed by atoms with E-state index in [-0.39, 0.29) is 0 Å². The Labute approximate surface area is 138 Å². The molecule has 0 amide bonds. The van der Waals surface area contributed by atoms with Gasteiger partial charge in [0.2, 0.25) is 0 Å². The van der Waals surface area contributed by atoms with Crippen LogP contribution in [0.3, 0.4) is 0 Å². The Bertz CT molecular complexity index is 608. The van der Waals surface area contributed by atoms with Gasteiger partial charge in [-0.05, 0) is 50.4 Å². The molecule has 0 aliphatic carbocycles. The number of hydrogen-bond acceptors (Lipinski definition) is 4. The van der Waals surface area contributed by atoms with Gasteiger partial charge < -0.3 is 4.74 Å². The topological polar surface area (TPSA) is 54.0 Å². The number of ether oxygens (including phenoxy) is 1. The van der Waals surface area contributed by atoms with Crippen LogP contribution < -0.4 is 4.74 Å². The van der Waals surface area contributed by atoms with Crippen molar-refractivity contribution in [2.75, 3.05) is 13.2 Å². The molecule has 1 aliphatic rings. The Kier molecular flexibility index (Phi) is 5.28. The summed E-state index contributed by atoms with van der Waals surface area (Å²) in [5, 5.41) is 7.31. The summed E-state index contributed by atoms with van der Waals surface area (Å²) in [5.74, 6) is 2.78. The normalized spacial score (nSPS) is 18.4. The van der Waals surface area contributed by atoms with Crippen molar-refractivity contribution in [1.29, 1.82) is 0 Å². The Morgan fingerprint density at radius 1 is 1.30 bits per heavy atom. The zero-order chi connectivity index (χ0) is 16.1. The molecule has 1 unspecified atom stereocenters. The summed E-state index contributed by atoms with van der Waals surface area (Å²) < 4.78 is 5.73. The number of hydrogen-bond donors (Lipinski definition) is 1. The molecule has 0 radical (unpaired) electrons. The summed E-state index contributed by atoms with van der Waals surface area (Å²) in [5.41, 5.74) is 1.31. The zero-order valence-corrected chi connectivity index (χ0v) is 14.1. The van der Waals surface area contributed by atoms with Crippen LogP contribution in [0.5, 0.6) is 5.75 Å². The average molecular weight is 314 g/mol. The molecule has 3 rings (SSSR count). The van der Waals surface area contributed by atoms with Gasteiger partial charge in [0.1, 0.15) is 11.6 Å². The predicted octanol–water partition coefficient (Wildman–Crippen LogP) is 3.63. The van der Waals surface area contributed by atoms with Gasteiger partial charge in [-0.15, -0.1) is 0 Å². The molecule has 5 nitrogen and oxygen atoms in total. The van der Waals surface area contributed by atoms with Crippen molar-refractivity contribution in [3.8, 4) is 5.75 Å². The minimum atomic E-state index is 0.334. The number of likely N-dealkylation sites (tertiary alicyclic amines) is 1. The minimum Gasteiger partial charge on any atom is -0.494 e. The average Bonchev–Trinajstić information content (AvgIpc) is 3.18. The van der Waals surface area contributed by atoms with Crippen LogP contribution in [0, 0.1) is 6.92 Å². The van der Waals surface area contributed by atoms with E-state index in [4.69, 9.17) is 4.74 Å². The highest BCUT2D eigenvalue weighted by molar-refractivity contribution is 5.27. The zero-order valence-electron chi connectivity index (χ0n) is 14.1. The van der Waals surface area contributed by atoms with Crippen molar-refractivity contribution in [2.45, 2.75) is 52.1 Å². The van der Waals surface area contributed by atoms with E-state index in [1.54, 1.807) is 0 Å². The number of aromatic nitrogens is 3. The first-order valence-electron chi connectivity index (χ1n) is 8.61. The maximum atomic E-state index is 5.73. The third-order valence-corrected chi connectivity index (χ3v) is 4.35. The van der Waals surface area contributed by atoms with E-state index in [9.17, 15) is 0 Å². The lowest BCUT2D eigenvalue weighted by Gasteiger charge is -2.22. The summed E-state index contributed by atoms with van der Waals surface area (Å²) in [7, 11) is 0. The van der Waals surface area contributed by atoms with Gasteiger partial charge >= 0.3 is 0 Å². The third-order valence-electron chi connectivity index (χ3n) is 4.35. The lowest BCUT2D eigenvalue weighted by molar-refractivity contribution is 0.240. The molecule has 1 atom stereocenters. The molecule has 0 spiro atoms. The molecule has 0 bridgehead atoms.